The predicted octanol–water partition coefficient (Wildman–Crippen LogP) is 2.45. The SMILES string of the molecule is CN(Cc1cnccn1)S(=O)(=O)CC12CCC(CC1)C2(C)C. The molecule has 0 aromatic carbocycles. The summed E-state index contributed by atoms with van der Waals surface area (Å²) in [7, 11) is -1.64. The van der Waals surface area contributed by atoms with Crippen molar-refractivity contribution < 1.29 is 8.42 Å². The smallest absolute Gasteiger partial charge is 0.214 e. The summed E-state index contributed by atoms with van der Waals surface area (Å²) in [4.78, 5) is 8.17. The summed E-state index contributed by atoms with van der Waals surface area (Å²) < 4.78 is 27.1. The topological polar surface area (TPSA) is 63.2 Å². The van der Waals surface area contributed by atoms with Crippen molar-refractivity contribution >= 4 is 10.0 Å². The Morgan fingerprint density at radius 1 is 1.27 bits per heavy atom. The van der Waals surface area contributed by atoms with Crippen LogP contribution in [0.5, 0.6) is 0 Å². The summed E-state index contributed by atoms with van der Waals surface area (Å²) in [5.41, 5.74) is 0.765. The first-order chi connectivity index (χ1) is 10.3. The van der Waals surface area contributed by atoms with Gasteiger partial charge in [-0.2, -0.15) is 4.31 Å². The zero-order chi connectivity index (χ0) is 16.0. The molecule has 0 aliphatic heterocycles. The van der Waals surface area contributed by atoms with Crippen LogP contribution in [-0.2, 0) is 16.6 Å². The molecule has 0 unspecified atom stereocenters. The Balaban J connectivity index is 1.76. The lowest BCUT2D eigenvalue weighted by Crippen LogP contribution is -2.41. The van der Waals surface area contributed by atoms with Crippen molar-refractivity contribution in [2.24, 2.45) is 16.7 Å². The van der Waals surface area contributed by atoms with Gasteiger partial charge in [0.05, 0.1) is 18.0 Å². The highest BCUT2D eigenvalue weighted by atomic mass is 32.2. The standard InChI is InChI=1S/C16H25N3O2S/c1-15(2)13-4-6-16(15,7-5-13)12-22(20,21)19(3)11-14-10-17-8-9-18-14/h8-10,13H,4-7,11-12H2,1-3H3. The van der Waals surface area contributed by atoms with E-state index in [4.69, 9.17) is 0 Å². The molecule has 22 heavy (non-hydrogen) atoms. The van der Waals surface area contributed by atoms with Gasteiger partial charge < -0.3 is 0 Å². The second kappa shape index (κ2) is 5.27. The van der Waals surface area contributed by atoms with E-state index in [9.17, 15) is 8.42 Å². The largest absolute Gasteiger partial charge is 0.261 e. The summed E-state index contributed by atoms with van der Waals surface area (Å²) in [5.74, 6) is 0.952. The average molecular weight is 323 g/mol. The Morgan fingerprint density at radius 3 is 2.45 bits per heavy atom. The van der Waals surface area contributed by atoms with Crippen LogP contribution in [-0.4, -0.2) is 35.5 Å². The molecule has 0 N–H and O–H groups in total. The molecule has 2 saturated carbocycles. The third-order valence-corrected chi connectivity index (χ3v) is 8.26. The minimum absolute atomic E-state index is 0.0485. The molecule has 0 amide bonds. The molecule has 0 spiro atoms. The van der Waals surface area contributed by atoms with Gasteiger partial charge >= 0.3 is 0 Å². The third kappa shape index (κ3) is 2.46. The first-order valence-electron chi connectivity index (χ1n) is 7.96. The van der Waals surface area contributed by atoms with Crippen LogP contribution in [0.15, 0.2) is 18.6 Å². The van der Waals surface area contributed by atoms with Crippen molar-refractivity contribution in [3.63, 3.8) is 0 Å². The predicted molar refractivity (Wildman–Crippen MR) is 85.5 cm³/mol. The van der Waals surface area contributed by atoms with E-state index < -0.39 is 10.0 Å². The maximum atomic E-state index is 12.8. The number of sulfonamides is 1. The van der Waals surface area contributed by atoms with Crippen LogP contribution < -0.4 is 0 Å². The van der Waals surface area contributed by atoms with Crippen molar-refractivity contribution in [3.8, 4) is 0 Å². The van der Waals surface area contributed by atoms with E-state index in [0.29, 0.717) is 11.6 Å². The lowest BCUT2D eigenvalue weighted by atomic mass is 9.71. The lowest BCUT2D eigenvalue weighted by Gasteiger charge is -2.38. The molecule has 2 fully saturated rings. The highest BCUT2D eigenvalue weighted by Crippen LogP contribution is 2.66. The molecule has 0 saturated heterocycles. The summed E-state index contributed by atoms with van der Waals surface area (Å²) >= 11 is 0. The summed E-state index contributed by atoms with van der Waals surface area (Å²) in [6.07, 6.45) is 9.25. The van der Waals surface area contributed by atoms with Crippen LogP contribution >= 0.6 is 0 Å². The van der Waals surface area contributed by atoms with E-state index in [1.807, 2.05) is 0 Å². The molecule has 0 radical (unpaired) electrons. The molecular formula is C16H25N3O2S. The maximum absolute atomic E-state index is 12.8. The molecule has 0 atom stereocenters. The number of hydrogen-bond donors (Lipinski definition) is 0. The molecule has 1 aromatic rings. The third-order valence-electron chi connectivity index (χ3n) is 6.27. The van der Waals surface area contributed by atoms with Crippen LogP contribution in [0.1, 0.15) is 45.2 Å². The van der Waals surface area contributed by atoms with Crippen LogP contribution in [0.4, 0.5) is 0 Å². The van der Waals surface area contributed by atoms with E-state index >= 15 is 0 Å². The maximum Gasteiger partial charge on any atom is 0.214 e. The zero-order valence-electron chi connectivity index (χ0n) is 13.6. The highest BCUT2D eigenvalue weighted by Gasteiger charge is 2.60. The highest BCUT2D eigenvalue weighted by molar-refractivity contribution is 7.89. The Hall–Kier alpha value is -1.01. The molecule has 122 valence electrons. The normalized spacial score (nSPS) is 30.1. The molecule has 6 heteroatoms. The van der Waals surface area contributed by atoms with Gasteiger partial charge in [0.2, 0.25) is 10.0 Å². The van der Waals surface area contributed by atoms with Gasteiger partial charge in [0.1, 0.15) is 0 Å². The molecule has 3 rings (SSSR count). The van der Waals surface area contributed by atoms with Crippen molar-refractivity contribution in [1.29, 1.82) is 0 Å². The Labute approximate surface area is 133 Å². The Kier molecular flexibility index (Phi) is 3.80. The van der Waals surface area contributed by atoms with Crippen molar-refractivity contribution in [2.75, 3.05) is 12.8 Å². The number of rotatable bonds is 5. The summed E-state index contributed by atoms with van der Waals surface area (Å²) in [6, 6.07) is 0. The second-order valence-electron chi connectivity index (χ2n) is 7.49. The summed E-state index contributed by atoms with van der Waals surface area (Å²) in [6.45, 7) is 4.81. The monoisotopic (exact) mass is 323 g/mol. The Morgan fingerprint density at radius 2 is 1.95 bits per heavy atom. The lowest BCUT2D eigenvalue weighted by molar-refractivity contribution is 0.153. The second-order valence-corrected chi connectivity index (χ2v) is 9.56. The number of nitrogens with zero attached hydrogens (tertiary/aromatic N) is 3. The van der Waals surface area contributed by atoms with Gasteiger partial charge in [0.15, 0.2) is 0 Å². The van der Waals surface area contributed by atoms with Crippen molar-refractivity contribution in [3.05, 3.63) is 24.3 Å². The number of aromatic nitrogens is 2. The van der Waals surface area contributed by atoms with Gasteiger partial charge in [-0.3, -0.25) is 9.97 Å². The minimum atomic E-state index is -3.29. The van der Waals surface area contributed by atoms with Crippen LogP contribution in [0, 0.1) is 16.7 Å². The van der Waals surface area contributed by atoms with E-state index in [2.05, 4.69) is 23.8 Å². The summed E-state index contributed by atoms with van der Waals surface area (Å²) in [5, 5.41) is 0. The first kappa shape index (κ1) is 15.9. The molecule has 2 bridgehead atoms. The van der Waals surface area contributed by atoms with E-state index in [1.165, 1.54) is 17.1 Å². The van der Waals surface area contributed by atoms with Crippen molar-refractivity contribution in [2.45, 2.75) is 46.1 Å². The first-order valence-corrected chi connectivity index (χ1v) is 9.57. The fraction of sp³-hybridized carbons (Fsp3) is 0.750. The van der Waals surface area contributed by atoms with Gasteiger partial charge in [-0.05, 0) is 42.4 Å². The van der Waals surface area contributed by atoms with E-state index in [-0.39, 0.29) is 23.1 Å². The molecular weight excluding hydrogens is 298 g/mol. The van der Waals surface area contributed by atoms with E-state index in [0.717, 1.165) is 12.8 Å². The van der Waals surface area contributed by atoms with Crippen LogP contribution in [0.2, 0.25) is 0 Å². The molecule has 1 heterocycles. The Bertz CT molecular complexity index is 635. The minimum Gasteiger partial charge on any atom is -0.261 e. The van der Waals surface area contributed by atoms with Gasteiger partial charge in [0, 0.05) is 25.6 Å². The number of hydrogen-bond acceptors (Lipinski definition) is 4. The molecule has 2 aliphatic rings. The number of fused-ring (bicyclic) bond motifs is 2. The quantitative estimate of drug-likeness (QED) is 0.835. The average Bonchev–Trinajstić information content (AvgIpc) is 2.84. The molecule has 1 aromatic heterocycles. The van der Waals surface area contributed by atoms with E-state index in [1.54, 1.807) is 25.6 Å². The van der Waals surface area contributed by atoms with Crippen LogP contribution in [0.3, 0.4) is 0 Å². The fourth-order valence-corrected chi connectivity index (χ4v) is 6.41. The van der Waals surface area contributed by atoms with Crippen LogP contribution in [0.25, 0.3) is 0 Å². The fourth-order valence-electron chi connectivity index (χ4n) is 4.50. The van der Waals surface area contributed by atoms with Gasteiger partial charge in [0.25, 0.3) is 0 Å². The van der Waals surface area contributed by atoms with Gasteiger partial charge in [-0.1, -0.05) is 13.8 Å². The molecule has 2 aliphatic carbocycles. The zero-order valence-corrected chi connectivity index (χ0v) is 14.4. The van der Waals surface area contributed by atoms with Crippen molar-refractivity contribution in [1.82, 2.24) is 14.3 Å². The van der Waals surface area contributed by atoms with Gasteiger partial charge in [-0.25, -0.2) is 8.42 Å². The molecule has 5 nitrogen and oxygen atoms in total. The van der Waals surface area contributed by atoms with Gasteiger partial charge in [-0.15, -0.1) is 0 Å².